The lowest BCUT2D eigenvalue weighted by atomic mass is 10.0. The van der Waals surface area contributed by atoms with E-state index in [1.165, 1.54) is 12.3 Å². The van der Waals surface area contributed by atoms with E-state index in [2.05, 4.69) is 5.10 Å². The van der Waals surface area contributed by atoms with Gasteiger partial charge in [0.2, 0.25) is 0 Å². The van der Waals surface area contributed by atoms with Crippen LogP contribution in [0.1, 0.15) is 40.2 Å². The van der Waals surface area contributed by atoms with Gasteiger partial charge in [0.05, 0.1) is 17.8 Å². The number of likely N-dealkylation sites (tertiary alicyclic amines) is 1. The van der Waals surface area contributed by atoms with Crippen molar-refractivity contribution in [1.29, 1.82) is 0 Å². The molecule has 1 unspecified atom stereocenters. The van der Waals surface area contributed by atoms with E-state index >= 15 is 0 Å². The standard InChI is InChI=1S/C15H16N4O5/c1-17-9-10(8-16-17)12(20)7-11-3-2-6-18(11)15(21)13-4-5-14(24-13)19(22)23/h4-5,8-9,11H,2-3,6-7H2,1H3. The number of nitro groups is 1. The summed E-state index contributed by atoms with van der Waals surface area (Å²) >= 11 is 0. The van der Waals surface area contributed by atoms with Crippen LogP contribution >= 0.6 is 0 Å². The van der Waals surface area contributed by atoms with Crippen LogP contribution in [0.15, 0.2) is 28.9 Å². The van der Waals surface area contributed by atoms with Gasteiger partial charge in [-0.15, -0.1) is 0 Å². The topological polar surface area (TPSA) is 111 Å². The Morgan fingerprint density at radius 3 is 2.88 bits per heavy atom. The van der Waals surface area contributed by atoms with Crippen LogP contribution in [0.4, 0.5) is 5.88 Å². The number of aryl methyl sites for hydroxylation is 1. The van der Waals surface area contributed by atoms with Crippen LogP contribution in [-0.2, 0) is 7.05 Å². The van der Waals surface area contributed by atoms with Gasteiger partial charge in [0.25, 0.3) is 5.91 Å². The number of carbonyl (C=O) groups is 2. The Kier molecular flexibility index (Phi) is 4.15. The van der Waals surface area contributed by atoms with Crippen LogP contribution in [0.5, 0.6) is 0 Å². The molecule has 1 amide bonds. The Morgan fingerprint density at radius 1 is 1.46 bits per heavy atom. The van der Waals surface area contributed by atoms with E-state index in [-0.39, 0.29) is 24.0 Å². The molecule has 1 aliphatic heterocycles. The Bertz CT molecular complexity index is 793. The number of furan rings is 1. The van der Waals surface area contributed by atoms with Crippen LogP contribution in [0.25, 0.3) is 0 Å². The fraction of sp³-hybridized carbons (Fsp3) is 0.400. The molecular formula is C15H16N4O5. The third-order valence-electron chi connectivity index (χ3n) is 4.07. The van der Waals surface area contributed by atoms with Gasteiger partial charge in [-0.1, -0.05) is 0 Å². The van der Waals surface area contributed by atoms with E-state index in [4.69, 9.17) is 4.42 Å². The van der Waals surface area contributed by atoms with Gasteiger partial charge in [0, 0.05) is 32.3 Å². The summed E-state index contributed by atoms with van der Waals surface area (Å²) in [5.41, 5.74) is 0.505. The first-order valence-corrected chi connectivity index (χ1v) is 7.52. The highest BCUT2D eigenvalue weighted by Gasteiger charge is 2.33. The van der Waals surface area contributed by atoms with Gasteiger partial charge >= 0.3 is 5.88 Å². The number of hydrogen-bond donors (Lipinski definition) is 0. The second-order valence-electron chi connectivity index (χ2n) is 5.72. The minimum absolute atomic E-state index is 0.0811. The number of ketones is 1. The molecule has 0 saturated carbocycles. The van der Waals surface area contributed by atoms with Crippen molar-refractivity contribution in [1.82, 2.24) is 14.7 Å². The first-order valence-electron chi connectivity index (χ1n) is 7.52. The Labute approximate surface area is 137 Å². The molecule has 9 heteroatoms. The van der Waals surface area contributed by atoms with Crippen molar-refractivity contribution in [3.05, 3.63) is 46.0 Å². The lowest BCUT2D eigenvalue weighted by Gasteiger charge is -2.23. The Balaban J connectivity index is 1.71. The van der Waals surface area contributed by atoms with Gasteiger partial charge in [0.15, 0.2) is 11.5 Å². The first kappa shape index (κ1) is 15.9. The highest BCUT2D eigenvalue weighted by molar-refractivity contribution is 5.97. The molecule has 0 radical (unpaired) electrons. The van der Waals surface area contributed by atoms with Gasteiger partial charge in [-0.05, 0) is 18.9 Å². The molecule has 24 heavy (non-hydrogen) atoms. The molecule has 9 nitrogen and oxygen atoms in total. The molecule has 126 valence electrons. The minimum Gasteiger partial charge on any atom is -0.395 e. The summed E-state index contributed by atoms with van der Waals surface area (Å²) in [6, 6.07) is 2.20. The highest BCUT2D eigenvalue weighted by atomic mass is 16.6. The van der Waals surface area contributed by atoms with Crippen molar-refractivity contribution < 1.29 is 18.9 Å². The molecular weight excluding hydrogens is 316 g/mol. The molecule has 0 N–H and O–H groups in total. The predicted octanol–water partition coefficient (Wildman–Crippen LogP) is 1.80. The smallest absolute Gasteiger partial charge is 0.395 e. The first-order chi connectivity index (χ1) is 11.5. The van der Waals surface area contributed by atoms with Crippen LogP contribution < -0.4 is 0 Å². The zero-order chi connectivity index (χ0) is 17.3. The number of carbonyl (C=O) groups excluding carboxylic acids is 2. The summed E-state index contributed by atoms with van der Waals surface area (Å²) in [4.78, 5) is 36.3. The maximum Gasteiger partial charge on any atom is 0.433 e. The molecule has 3 rings (SSSR count). The summed E-state index contributed by atoms with van der Waals surface area (Å²) in [5.74, 6) is -1.06. The largest absolute Gasteiger partial charge is 0.433 e. The summed E-state index contributed by atoms with van der Waals surface area (Å²) < 4.78 is 6.52. The quantitative estimate of drug-likeness (QED) is 0.469. The number of Topliss-reactive ketones (excluding diaryl/α,β-unsaturated/α-hetero) is 1. The van der Waals surface area contributed by atoms with E-state index in [1.807, 2.05) is 0 Å². The number of aromatic nitrogens is 2. The van der Waals surface area contributed by atoms with E-state index < -0.39 is 16.7 Å². The maximum absolute atomic E-state index is 12.5. The van der Waals surface area contributed by atoms with Gasteiger partial charge < -0.3 is 9.32 Å². The van der Waals surface area contributed by atoms with Crippen molar-refractivity contribution in [3.8, 4) is 0 Å². The van der Waals surface area contributed by atoms with Crippen molar-refractivity contribution in [2.45, 2.75) is 25.3 Å². The van der Waals surface area contributed by atoms with E-state index in [0.717, 1.165) is 12.5 Å². The normalized spacial score (nSPS) is 17.2. The third-order valence-corrected chi connectivity index (χ3v) is 4.07. The molecule has 2 aromatic heterocycles. The van der Waals surface area contributed by atoms with Crippen LogP contribution in [0, 0.1) is 10.1 Å². The molecule has 0 aromatic carbocycles. The summed E-state index contributed by atoms with van der Waals surface area (Å²) in [6.07, 6.45) is 4.82. The van der Waals surface area contributed by atoms with Crippen molar-refractivity contribution in [2.24, 2.45) is 7.05 Å². The molecule has 1 atom stereocenters. The molecule has 3 heterocycles. The zero-order valence-electron chi connectivity index (χ0n) is 13.0. The van der Waals surface area contributed by atoms with Crippen molar-refractivity contribution in [3.63, 3.8) is 0 Å². The van der Waals surface area contributed by atoms with Gasteiger partial charge in [-0.3, -0.25) is 24.4 Å². The monoisotopic (exact) mass is 332 g/mol. The number of hydrogen-bond acceptors (Lipinski definition) is 6. The highest BCUT2D eigenvalue weighted by Crippen LogP contribution is 2.25. The molecule has 0 bridgehead atoms. The minimum atomic E-state index is -0.690. The third kappa shape index (κ3) is 3.05. The van der Waals surface area contributed by atoms with E-state index in [9.17, 15) is 19.7 Å². The molecule has 0 spiro atoms. The lowest BCUT2D eigenvalue weighted by molar-refractivity contribution is -0.402. The summed E-state index contributed by atoms with van der Waals surface area (Å²) in [5, 5.41) is 14.6. The zero-order valence-corrected chi connectivity index (χ0v) is 13.0. The molecule has 2 aromatic rings. The van der Waals surface area contributed by atoms with E-state index in [1.54, 1.807) is 22.8 Å². The number of rotatable bonds is 5. The van der Waals surface area contributed by atoms with Gasteiger partial charge in [-0.25, -0.2) is 0 Å². The summed E-state index contributed by atoms with van der Waals surface area (Å²) in [7, 11) is 1.73. The Morgan fingerprint density at radius 2 is 2.25 bits per heavy atom. The molecule has 0 aliphatic carbocycles. The molecule has 1 fully saturated rings. The second kappa shape index (κ2) is 6.26. The lowest BCUT2D eigenvalue weighted by Crippen LogP contribution is -2.36. The SMILES string of the molecule is Cn1cc(C(=O)CC2CCCN2C(=O)c2ccc([N+](=O)[O-])o2)cn1. The Hall–Kier alpha value is -2.97. The average Bonchev–Trinajstić information content (AvgIpc) is 3.26. The molecule has 1 aliphatic rings. The number of nitrogens with zero attached hydrogens (tertiary/aromatic N) is 4. The van der Waals surface area contributed by atoms with E-state index in [0.29, 0.717) is 18.5 Å². The number of amides is 1. The molecule has 1 saturated heterocycles. The van der Waals surface area contributed by atoms with Crippen LogP contribution in [-0.4, -0.2) is 43.9 Å². The van der Waals surface area contributed by atoms with Gasteiger partial charge in [0.1, 0.15) is 4.92 Å². The second-order valence-corrected chi connectivity index (χ2v) is 5.72. The van der Waals surface area contributed by atoms with Crippen LogP contribution in [0.3, 0.4) is 0 Å². The fourth-order valence-electron chi connectivity index (χ4n) is 2.89. The van der Waals surface area contributed by atoms with Crippen molar-refractivity contribution in [2.75, 3.05) is 6.54 Å². The summed E-state index contributed by atoms with van der Waals surface area (Å²) in [6.45, 7) is 0.498. The maximum atomic E-state index is 12.5. The van der Waals surface area contributed by atoms with Gasteiger partial charge in [-0.2, -0.15) is 5.10 Å². The van der Waals surface area contributed by atoms with Crippen molar-refractivity contribution >= 4 is 17.6 Å². The average molecular weight is 332 g/mol. The fourth-order valence-corrected chi connectivity index (χ4v) is 2.89. The van der Waals surface area contributed by atoms with Crippen LogP contribution in [0.2, 0.25) is 0 Å². The predicted molar refractivity (Wildman–Crippen MR) is 81.6 cm³/mol.